The molecule has 8 heteroatoms. The summed E-state index contributed by atoms with van der Waals surface area (Å²) in [4.78, 5) is 8.26. The molecular weight excluding hydrogens is 189 g/mol. The van der Waals surface area contributed by atoms with Crippen LogP contribution in [0.25, 0.3) is 0 Å². The minimum atomic E-state index is -5.71. The zero-order valence-electron chi connectivity index (χ0n) is 5.57. The molecule has 3 nitrogen and oxygen atoms in total. The summed E-state index contributed by atoms with van der Waals surface area (Å²) in [5.41, 5.74) is 0. The van der Waals surface area contributed by atoms with Crippen molar-refractivity contribution in [2.75, 3.05) is 6.54 Å². The molecule has 0 aliphatic rings. The van der Waals surface area contributed by atoms with Crippen molar-refractivity contribution >= 4 is 0 Å². The van der Waals surface area contributed by atoms with Gasteiger partial charge in [-0.15, -0.1) is 0 Å². The van der Waals surface area contributed by atoms with Crippen LogP contribution in [0.15, 0.2) is 0 Å². The second-order valence-electron chi connectivity index (χ2n) is 2.01. The third-order valence-corrected chi connectivity index (χ3v) is 1.02. The van der Waals surface area contributed by atoms with E-state index >= 15 is 0 Å². The van der Waals surface area contributed by atoms with Crippen LogP contribution in [0.4, 0.5) is 22.0 Å². The Morgan fingerprint density at radius 2 is 1.58 bits per heavy atom. The van der Waals surface area contributed by atoms with E-state index in [1.165, 1.54) is 0 Å². The van der Waals surface area contributed by atoms with Crippen molar-refractivity contribution in [1.29, 1.82) is 0 Å². The van der Waals surface area contributed by atoms with Crippen molar-refractivity contribution in [3.63, 3.8) is 0 Å². The summed E-state index contributed by atoms with van der Waals surface area (Å²) in [5.74, 6) is -4.97. The second kappa shape index (κ2) is 3.20. The summed E-state index contributed by atoms with van der Waals surface area (Å²) < 4.78 is 57.7. The van der Waals surface area contributed by atoms with Gasteiger partial charge in [-0.3, -0.25) is 10.1 Å². The van der Waals surface area contributed by atoms with Gasteiger partial charge >= 0.3 is 12.1 Å². The molecule has 0 aliphatic carbocycles. The molecule has 0 spiro atoms. The van der Waals surface area contributed by atoms with Gasteiger partial charge in [-0.2, -0.15) is 22.0 Å². The molecule has 0 rings (SSSR count). The monoisotopic (exact) mass is 193 g/mol. The predicted octanol–water partition coefficient (Wildman–Crippen LogP) is 1.85. The molecule has 12 heavy (non-hydrogen) atoms. The van der Waals surface area contributed by atoms with Crippen molar-refractivity contribution in [3.05, 3.63) is 10.1 Å². The van der Waals surface area contributed by atoms with E-state index in [1.807, 2.05) is 0 Å². The molecule has 72 valence electrons. The minimum Gasteiger partial charge on any atom is -0.265 e. The van der Waals surface area contributed by atoms with Crippen LogP contribution in [0.1, 0.15) is 6.42 Å². The molecule has 0 amide bonds. The SMILES string of the molecule is O=[N+]([O-])CCC(F)(F)C(F)(F)F. The quantitative estimate of drug-likeness (QED) is 0.390. The Morgan fingerprint density at radius 3 is 1.83 bits per heavy atom. The zero-order valence-corrected chi connectivity index (χ0v) is 5.57. The first-order valence-electron chi connectivity index (χ1n) is 2.73. The lowest BCUT2D eigenvalue weighted by molar-refractivity contribution is -0.488. The van der Waals surface area contributed by atoms with E-state index in [9.17, 15) is 32.1 Å². The second-order valence-corrected chi connectivity index (χ2v) is 2.01. The van der Waals surface area contributed by atoms with Crippen molar-refractivity contribution in [1.82, 2.24) is 0 Å². The molecule has 0 aliphatic heterocycles. The number of alkyl halides is 5. The van der Waals surface area contributed by atoms with Gasteiger partial charge in [0.1, 0.15) is 0 Å². The molecule has 0 heterocycles. The van der Waals surface area contributed by atoms with E-state index in [-0.39, 0.29) is 0 Å². The summed E-state index contributed by atoms with van der Waals surface area (Å²) in [5, 5.41) is 9.48. The number of rotatable bonds is 3. The maximum Gasteiger partial charge on any atom is 0.453 e. The highest BCUT2D eigenvalue weighted by atomic mass is 19.4. The molecule has 0 aromatic carbocycles. The normalized spacial score (nSPS) is 13.1. The van der Waals surface area contributed by atoms with Gasteiger partial charge in [0.05, 0.1) is 6.42 Å². The summed E-state index contributed by atoms with van der Waals surface area (Å²) in [6, 6.07) is 0. The molecule has 0 radical (unpaired) electrons. The fourth-order valence-electron chi connectivity index (χ4n) is 0.373. The Labute approximate surface area is 63.3 Å². The Kier molecular flexibility index (Phi) is 2.94. The third-order valence-electron chi connectivity index (χ3n) is 1.02. The van der Waals surface area contributed by atoms with E-state index in [0.29, 0.717) is 0 Å². The first-order valence-corrected chi connectivity index (χ1v) is 2.73. The van der Waals surface area contributed by atoms with Crippen LogP contribution in [0.3, 0.4) is 0 Å². The highest BCUT2D eigenvalue weighted by Gasteiger charge is 2.57. The summed E-state index contributed by atoms with van der Waals surface area (Å²) in [6.07, 6.45) is -7.52. The lowest BCUT2D eigenvalue weighted by Crippen LogP contribution is -2.37. The molecule has 0 saturated heterocycles. The predicted molar refractivity (Wildman–Crippen MR) is 27.5 cm³/mol. The topological polar surface area (TPSA) is 43.1 Å². The molecule has 0 saturated carbocycles. The van der Waals surface area contributed by atoms with Gasteiger partial charge in [0.2, 0.25) is 6.54 Å². The number of hydrogen-bond donors (Lipinski definition) is 0. The first kappa shape index (κ1) is 11.0. The first-order chi connectivity index (χ1) is 5.17. The van der Waals surface area contributed by atoms with E-state index in [4.69, 9.17) is 0 Å². The van der Waals surface area contributed by atoms with Gasteiger partial charge in [-0.05, 0) is 0 Å². The molecule has 0 bridgehead atoms. The Hall–Kier alpha value is -0.950. The Bertz CT molecular complexity index is 177. The van der Waals surface area contributed by atoms with Gasteiger partial charge in [0.15, 0.2) is 0 Å². The van der Waals surface area contributed by atoms with Gasteiger partial charge in [-0.25, -0.2) is 0 Å². The highest BCUT2D eigenvalue weighted by Crippen LogP contribution is 2.37. The average molecular weight is 193 g/mol. The minimum absolute atomic E-state index is 1.22. The molecule has 0 unspecified atom stereocenters. The molecular formula is C4H4F5NO2. The van der Waals surface area contributed by atoms with Crippen LogP contribution in [-0.4, -0.2) is 23.6 Å². The Morgan fingerprint density at radius 1 is 1.17 bits per heavy atom. The van der Waals surface area contributed by atoms with E-state index < -0.39 is 30.0 Å². The van der Waals surface area contributed by atoms with Crippen molar-refractivity contribution in [2.24, 2.45) is 0 Å². The smallest absolute Gasteiger partial charge is 0.265 e. The molecule has 0 aromatic heterocycles. The van der Waals surface area contributed by atoms with Gasteiger partial charge in [0.25, 0.3) is 0 Å². The molecule has 0 N–H and O–H groups in total. The lowest BCUT2D eigenvalue weighted by atomic mass is 10.2. The van der Waals surface area contributed by atoms with Crippen LogP contribution in [0.5, 0.6) is 0 Å². The fraction of sp³-hybridized carbons (Fsp3) is 1.00. The van der Waals surface area contributed by atoms with Crippen LogP contribution in [0, 0.1) is 10.1 Å². The zero-order chi connectivity index (χ0) is 9.99. The summed E-state index contributed by atoms with van der Waals surface area (Å²) in [7, 11) is 0. The average Bonchev–Trinajstić information content (AvgIpc) is 1.81. The number of nitrogens with zero attached hydrogens (tertiary/aromatic N) is 1. The number of nitro groups is 1. The van der Waals surface area contributed by atoms with Gasteiger partial charge in [-0.1, -0.05) is 0 Å². The van der Waals surface area contributed by atoms with Crippen LogP contribution in [-0.2, 0) is 0 Å². The van der Waals surface area contributed by atoms with Gasteiger partial charge < -0.3 is 0 Å². The number of hydrogen-bond acceptors (Lipinski definition) is 2. The van der Waals surface area contributed by atoms with Crippen molar-refractivity contribution in [3.8, 4) is 0 Å². The van der Waals surface area contributed by atoms with Crippen LogP contribution in [0.2, 0.25) is 0 Å². The van der Waals surface area contributed by atoms with Crippen molar-refractivity contribution < 1.29 is 26.9 Å². The van der Waals surface area contributed by atoms with Crippen LogP contribution < -0.4 is 0 Å². The van der Waals surface area contributed by atoms with Crippen molar-refractivity contribution in [2.45, 2.75) is 18.5 Å². The van der Waals surface area contributed by atoms with E-state index in [2.05, 4.69) is 0 Å². The standard InChI is InChI=1S/C4H4F5NO2/c5-3(6,4(7,8)9)1-2-10(11)12/h1-2H2. The summed E-state index contributed by atoms with van der Waals surface area (Å²) in [6.45, 7) is -1.40. The largest absolute Gasteiger partial charge is 0.453 e. The molecule has 0 aromatic rings. The summed E-state index contributed by atoms with van der Waals surface area (Å²) >= 11 is 0. The van der Waals surface area contributed by atoms with E-state index in [1.54, 1.807) is 0 Å². The Balaban J connectivity index is 4.14. The maximum absolute atomic E-state index is 11.9. The number of halogens is 5. The fourth-order valence-corrected chi connectivity index (χ4v) is 0.373. The van der Waals surface area contributed by atoms with E-state index in [0.717, 1.165) is 0 Å². The maximum atomic E-state index is 11.9. The molecule has 0 fully saturated rings. The van der Waals surface area contributed by atoms with Crippen LogP contribution >= 0.6 is 0 Å². The highest BCUT2D eigenvalue weighted by molar-refractivity contribution is 4.74. The lowest BCUT2D eigenvalue weighted by Gasteiger charge is -2.17. The van der Waals surface area contributed by atoms with Gasteiger partial charge in [0, 0.05) is 4.92 Å². The molecule has 0 atom stereocenters. The third kappa shape index (κ3) is 2.97.